The van der Waals surface area contributed by atoms with Crippen LogP contribution in [-0.4, -0.2) is 49.0 Å². The molecule has 3 rings (SSSR count). The number of carbonyl (C=O) groups excluding carboxylic acids is 1. The molecule has 1 heterocycles. The Labute approximate surface area is 150 Å². The molecular formula is C21H26N2O2. The van der Waals surface area contributed by atoms with E-state index in [-0.39, 0.29) is 5.91 Å². The molecule has 132 valence electrons. The molecule has 4 heteroatoms. The summed E-state index contributed by atoms with van der Waals surface area (Å²) in [5, 5.41) is 0. The van der Waals surface area contributed by atoms with Gasteiger partial charge in [0.25, 0.3) is 5.91 Å². The lowest BCUT2D eigenvalue weighted by Crippen LogP contribution is -2.48. The van der Waals surface area contributed by atoms with Crippen molar-refractivity contribution in [2.75, 3.05) is 33.3 Å². The fraction of sp³-hybridized carbons (Fsp3) is 0.381. The summed E-state index contributed by atoms with van der Waals surface area (Å²) in [6.07, 6.45) is 0. The van der Waals surface area contributed by atoms with E-state index in [2.05, 4.69) is 36.1 Å². The summed E-state index contributed by atoms with van der Waals surface area (Å²) in [5.74, 6) is 0.858. The zero-order valence-electron chi connectivity index (χ0n) is 15.3. The van der Waals surface area contributed by atoms with Crippen molar-refractivity contribution in [3.63, 3.8) is 0 Å². The monoisotopic (exact) mass is 338 g/mol. The number of ether oxygens (including phenoxy) is 1. The second kappa shape index (κ2) is 7.70. The molecule has 1 aliphatic heterocycles. The Balaban J connectivity index is 1.58. The van der Waals surface area contributed by atoms with E-state index in [0.717, 1.165) is 44.0 Å². The Morgan fingerprint density at radius 3 is 2.32 bits per heavy atom. The van der Waals surface area contributed by atoms with Crippen molar-refractivity contribution >= 4 is 5.91 Å². The van der Waals surface area contributed by atoms with Gasteiger partial charge in [-0.1, -0.05) is 35.9 Å². The summed E-state index contributed by atoms with van der Waals surface area (Å²) in [7, 11) is 1.64. The van der Waals surface area contributed by atoms with E-state index >= 15 is 0 Å². The highest BCUT2D eigenvalue weighted by Crippen LogP contribution is 2.20. The molecule has 0 aliphatic carbocycles. The van der Waals surface area contributed by atoms with Crippen LogP contribution < -0.4 is 4.74 Å². The van der Waals surface area contributed by atoms with Gasteiger partial charge >= 0.3 is 0 Å². The van der Waals surface area contributed by atoms with Crippen LogP contribution in [0.5, 0.6) is 5.75 Å². The average Bonchev–Trinajstić information content (AvgIpc) is 2.64. The first-order chi connectivity index (χ1) is 12.1. The smallest absolute Gasteiger partial charge is 0.254 e. The molecule has 4 nitrogen and oxygen atoms in total. The van der Waals surface area contributed by atoms with Crippen LogP contribution in [0.4, 0.5) is 0 Å². The highest BCUT2D eigenvalue weighted by molar-refractivity contribution is 5.94. The van der Waals surface area contributed by atoms with Crippen LogP contribution in [0, 0.1) is 13.8 Å². The third-order valence-corrected chi connectivity index (χ3v) is 4.84. The average molecular weight is 338 g/mol. The lowest BCUT2D eigenvalue weighted by atomic mass is 10.1. The van der Waals surface area contributed by atoms with Crippen molar-refractivity contribution < 1.29 is 9.53 Å². The van der Waals surface area contributed by atoms with Gasteiger partial charge < -0.3 is 9.64 Å². The number of carbonyl (C=O) groups is 1. The molecule has 1 aliphatic rings. The topological polar surface area (TPSA) is 32.8 Å². The quantitative estimate of drug-likeness (QED) is 0.858. The fourth-order valence-corrected chi connectivity index (χ4v) is 3.20. The predicted molar refractivity (Wildman–Crippen MR) is 100 cm³/mol. The summed E-state index contributed by atoms with van der Waals surface area (Å²) in [6, 6.07) is 14.4. The first-order valence-corrected chi connectivity index (χ1v) is 8.78. The molecule has 0 N–H and O–H groups in total. The Kier molecular flexibility index (Phi) is 5.39. The fourth-order valence-electron chi connectivity index (χ4n) is 3.20. The van der Waals surface area contributed by atoms with Gasteiger partial charge in [-0.15, -0.1) is 0 Å². The van der Waals surface area contributed by atoms with Gasteiger partial charge in [-0.3, -0.25) is 9.69 Å². The molecule has 2 aromatic carbocycles. The van der Waals surface area contributed by atoms with Crippen LogP contribution in [0.25, 0.3) is 0 Å². The van der Waals surface area contributed by atoms with Gasteiger partial charge in [-0.05, 0) is 37.1 Å². The van der Waals surface area contributed by atoms with Gasteiger partial charge in [0.05, 0.1) is 7.11 Å². The highest BCUT2D eigenvalue weighted by atomic mass is 16.5. The Morgan fingerprint density at radius 1 is 1.00 bits per heavy atom. The summed E-state index contributed by atoms with van der Waals surface area (Å²) in [6.45, 7) is 8.37. The number of rotatable bonds is 4. The maximum Gasteiger partial charge on any atom is 0.254 e. The van der Waals surface area contributed by atoms with Crippen molar-refractivity contribution in [1.82, 2.24) is 9.80 Å². The molecule has 2 aromatic rings. The molecule has 0 aromatic heterocycles. The molecule has 0 bridgehead atoms. The summed E-state index contributed by atoms with van der Waals surface area (Å²) < 4.78 is 5.34. The second-order valence-corrected chi connectivity index (χ2v) is 6.74. The van der Waals surface area contributed by atoms with Crippen LogP contribution >= 0.6 is 0 Å². The molecule has 25 heavy (non-hydrogen) atoms. The van der Waals surface area contributed by atoms with E-state index in [0.29, 0.717) is 5.56 Å². The minimum Gasteiger partial charge on any atom is -0.496 e. The zero-order chi connectivity index (χ0) is 17.8. The molecule has 0 spiro atoms. The lowest BCUT2D eigenvalue weighted by Gasteiger charge is -2.35. The van der Waals surface area contributed by atoms with E-state index in [1.807, 2.05) is 30.0 Å². The third-order valence-electron chi connectivity index (χ3n) is 4.84. The molecular weight excluding hydrogens is 312 g/mol. The molecule has 0 saturated carbocycles. The van der Waals surface area contributed by atoms with Crippen molar-refractivity contribution in [1.29, 1.82) is 0 Å². The van der Waals surface area contributed by atoms with Gasteiger partial charge in [0.15, 0.2) is 0 Å². The van der Waals surface area contributed by atoms with E-state index in [9.17, 15) is 4.79 Å². The summed E-state index contributed by atoms with van der Waals surface area (Å²) in [4.78, 5) is 17.1. The highest BCUT2D eigenvalue weighted by Gasteiger charge is 2.22. The van der Waals surface area contributed by atoms with Crippen molar-refractivity contribution in [3.05, 3.63) is 64.7 Å². The molecule has 0 radical (unpaired) electrons. The molecule has 1 amide bonds. The number of methoxy groups -OCH3 is 1. The van der Waals surface area contributed by atoms with Crippen LogP contribution in [0.15, 0.2) is 42.5 Å². The van der Waals surface area contributed by atoms with Crippen LogP contribution in [0.1, 0.15) is 27.0 Å². The van der Waals surface area contributed by atoms with E-state index in [4.69, 9.17) is 4.74 Å². The van der Waals surface area contributed by atoms with E-state index < -0.39 is 0 Å². The maximum atomic E-state index is 12.7. The van der Waals surface area contributed by atoms with Crippen LogP contribution in [0.2, 0.25) is 0 Å². The van der Waals surface area contributed by atoms with Gasteiger partial charge in [0, 0.05) is 38.3 Å². The largest absolute Gasteiger partial charge is 0.496 e. The molecule has 1 fully saturated rings. The molecule has 0 unspecified atom stereocenters. The van der Waals surface area contributed by atoms with E-state index in [1.54, 1.807) is 7.11 Å². The molecule has 1 saturated heterocycles. The van der Waals surface area contributed by atoms with Crippen LogP contribution in [-0.2, 0) is 6.54 Å². The minimum atomic E-state index is 0.0910. The minimum absolute atomic E-state index is 0.0910. The van der Waals surface area contributed by atoms with Crippen molar-refractivity contribution in [2.24, 2.45) is 0 Å². The first kappa shape index (κ1) is 17.5. The first-order valence-electron chi connectivity index (χ1n) is 8.78. The summed E-state index contributed by atoms with van der Waals surface area (Å²) in [5.41, 5.74) is 4.36. The van der Waals surface area contributed by atoms with Gasteiger partial charge in [-0.2, -0.15) is 0 Å². The molecule has 0 atom stereocenters. The second-order valence-electron chi connectivity index (χ2n) is 6.74. The Bertz CT molecular complexity index is 732. The van der Waals surface area contributed by atoms with Gasteiger partial charge in [-0.25, -0.2) is 0 Å². The van der Waals surface area contributed by atoms with Crippen molar-refractivity contribution in [3.8, 4) is 5.75 Å². The summed E-state index contributed by atoms with van der Waals surface area (Å²) >= 11 is 0. The van der Waals surface area contributed by atoms with Crippen molar-refractivity contribution in [2.45, 2.75) is 20.4 Å². The number of amides is 1. The number of hydrogen-bond acceptors (Lipinski definition) is 3. The van der Waals surface area contributed by atoms with E-state index in [1.165, 1.54) is 11.1 Å². The number of piperazine rings is 1. The number of nitrogens with zero attached hydrogens (tertiary/aromatic N) is 2. The number of hydrogen-bond donors (Lipinski definition) is 0. The maximum absolute atomic E-state index is 12.7. The normalized spacial score (nSPS) is 15.2. The lowest BCUT2D eigenvalue weighted by molar-refractivity contribution is 0.0628. The van der Waals surface area contributed by atoms with Gasteiger partial charge in [0.2, 0.25) is 0 Å². The number of benzene rings is 2. The Hall–Kier alpha value is -2.33. The predicted octanol–water partition coefficient (Wildman–Crippen LogP) is 3.27. The van der Waals surface area contributed by atoms with Crippen LogP contribution in [0.3, 0.4) is 0 Å². The SMILES string of the molecule is COc1cc(C(=O)N2CCN(Cc3ccc(C)cc3)CC2)ccc1C. The Morgan fingerprint density at radius 2 is 1.68 bits per heavy atom. The number of aryl methyl sites for hydroxylation is 2. The third kappa shape index (κ3) is 4.20. The van der Waals surface area contributed by atoms with Gasteiger partial charge in [0.1, 0.15) is 5.75 Å². The standard InChI is InChI=1S/C21H26N2O2/c1-16-4-7-18(8-5-16)15-22-10-12-23(13-11-22)21(24)19-9-6-17(2)20(14-19)25-3/h4-9,14H,10-13,15H2,1-3H3. The zero-order valence-corrected chi connectivity index (χ0v) is 15.3.